The van der Waals surface area contributed by atoms with E-state index in [1.165, 1.54) is 12.1 Å². The van der Waals surface area contributed by atoms with Crippen molar-refractivity contribution >= 4 is 11.9 Å². The molecule has 30 heavy (non-hydrogen) atoms. The van der Waals surface area contributed by atoms with E-state index in [-0.39, 0.29) is 30.4 Å². The third kappa shape index (κ3) is 5.78. The minimum absolute atomic E-state index is 0.0321. The summed E-state index contributed by atoms with van der Waals surface area (Å²) < 4.78 is 26.6. The van der Waals surface area contributed by atoms with Gasteiger partial charge >= 0.3 is 6.03 Å². The molecular weight excluding hydrogens is 388 g/mol. The van der Waals surface area contributed by atoms with Gasteiger partial charge in [-0.05, 0) is 62.1 Å². The minimum atomic E-state index is -0.676. The van der Waals surface area contributed by atoms with E-state index in [4.69, 9.17) is 0 Å². The van der Waals surface area contributed by atoms with Gasteiger partial charge in [0.1, 0.15) is 11.6 Å². The Labute approximate surface area is 175 Å². The number of nitrogens with zero attached hydrogens (tertiary/aromatic N) is 1. The molecule has 1 heterocycles. The molecule has 1 aliphatic rings. The third-order valence-electron chi connectivity index (χ3n) is 5.12. The van der Waals surface area contributed by atoms with E-state index in [9.17, 15) is 18.4 Å². The number of carbonyl (C=O) groups excluding carboxylic acids is 2. The van der Waals surface area contributed by atoms with Crippen LogP contribution in [0.15, 0.2) is 42.5 Å². The highest BCUT2D eigenvalue weighted by Crippen LogP contribution is 2.27. The van der Waals surface area contributed by atoms with Crippen LogP contribution in [0, 0.1) is 11.6 Å². The maximum Gasteiger partial charge on any atom is 0.317 e. The lowest BCUT2D eigenvalue weighted by Crippen LogP contribution is -2.47. The smallest absolute Gasteiger partial charge is 0.317 e. The van der Waals surface area contributed by atoms with Crippen LogP contribution in [0.2, 0.25) is 0 Å². The van der Waals surface area contributed by atoms with Gasteiger partial charge in [-0.1, -0.05) is 12.1 Å². The average molecular weight is 415 g/mol. The quantitative estimate of drug-likeness (QED) is 0.769. The van der Waals surface area contributed by atoms with Gasteiger partial charge in [0.15, 0.2) is 0 Å². The predicted molar refractivity (Wildman–Crippen MR) is 111 cm³/mol. The average Bonchev–Trinajstić information content (AvgIpc) is 2.71. The molecular formula is C23H27F2N3O2. The molecule has 1 aliphatic heterocycles. The summed E-state index contributed by atoms with van der Waals surface area (Å²) in [5.41, 5.74) is 1.84. The molecule has 2 aromatic rings. The van der Waals surface area contributed by atoms with Crippen LogP contribution < -0.4 is 10.6 Å². The standard InChI is InChI=1S/C23H27F2N3O2/c1-15(2)27-23(30)28-8-4-7-19(14-28)17-5-3-6-18(11-17)22(29)26-13-16-9-20(24)12-21(25)10-16/h3,5-6,9-12,15,19H,4,7-8,13-14H2,1-2H3,(H,26,29)(H,27,30)/t19-/m1/s1. The van der Waals surface area contributed by atoms with Gasteiger partial charge in [0.05, 0.1) is 0 Å². The highest BCUT2D eigenvalue weighted by molar-refractivity contribution is 5.94. The van der Waals surface area contributed by atoms with Crippen molar-refractivity contribution in [3.05, 3.63) is 70.8 Å². The van der Waals surface area contributed by atoms with Crippen LogP contribution in [-0.2, 0) is 6.54 Å². The van der Waals surface area contributed by atoms with Gasteiger partial charge in [0, 0.05) is 43.2 Å². The summed E-state index contributed by atoms with van der Waals surface area (Å²) in [4.78, 5) is 26.7. The van der Waals surface area contributed by atoms with E-state index < -0.39 is 11.6 Å². The highest BCUT2D eigenvalue weighted by atomic mass is 19.1. The minimum Gasteiger partial charge on any atom is -0.348 e. The zero-order chi connectivity index (χ0) is 21.7. The van der Waals surface area contributed by atoms with Crippen molar-refractivity contribution in [2.45, 2.75) is 45.2 Å². The molecule has 0 radical (unpaired) electrons. The van der Waals surface area contributed by atoms with Gasteiger partial charge in [0.2, 0.25) is 0 Å². The van der Waals surface area contributed by atoms with Crippen molar-refractivity contribution < 1.29 is 18.4 Å². The lowest BCUT2D eigenvalue weighted by atomic mass is 9.89. The van der Waals surface area contributed by atoms with E-state index in [1.54, 1.807) is 6.07 Å². The molecule has 3 amide bonds. The van der Waals surface area contributed by atoms with Gasteiger partial charge < -0.3 is 15.5 Å². The molecule has 1 fully saturated rings. The third-order valence-corrected chi connectivity index (χ3v) is 5.12. The maximum absolute atomic E-state index is 13.3. The van der Waals surface area contributed by atoms with Crippen LogP contribution >= 0.6 is 0 Å². The molecule has 1 atom stereocenters. The summed E-state index contributed by atoms with van der Waals surface area (Å²) in [5, 5.41) is 5.63. The molecule has 0 unspecified atom stereocenters. The fourth-order valence-corrected chi connectivity index (χ4v) is 3.70. The Morgan fingerprint density at radius 3 is 2.57 bits per heavy atom. The van der Waals surface area contributed by atoms with Crippen LogP contribution in [0.3, 0.4) is 0 Å². The molecule has 0 aliphatic carbocycles. The molecule has 0 saturated carbocycles. The van der Waals surface area contributed by atoms with Crippen molar-refractivity contribution in [2.24, 2.45) is 0 Å². The number of nitrogens with one attached hydrogen (secondary N) is 2. The van der Waals surface area contributed by atoms with Crippen molar-refractivity contribution in [1.29, 1.82) is 0 Å². The van der Waals surface area contributed by atoms with Crippen LogP contribution in [-0.4, -0.2) is 36.0 Å². The largest absolute Gasteiger partial charge is 0.348 e. The van der Waals surface area contributed by atoms with Gasteiger partial charge in [-0.25, -0.2) is 13.6 Å². The Morgan fingerprint density at radius 1 is 1.13 bits per heavy atom. The SMILES string of the molecule is CC(C)NC(=O)N1CCC[C@@H](c2cccc(C(=O)NCc3cc(F)cc(F)c3)c2)C1. The zero-order valence-corrected chi connectivity index (χ0v) is 17.3. The Balaban J connectivity index is 1.64. The van der Waals surface area contributed by atoms with Crippen molar-refractivity contribution in [3.63, 3.8) is 0 Å². The summed E-state index contributed by atoms with van der Waals surface area (Å²) in [6, 6.07) is 10.5. The summed E-state index contributed by atoms with van der Waals surface area (Å²) in [7, 11) is 0. The van der Waals surface area contributed by atoms with Crippen LogP contribution in [0.5, 0.6) is 0 Å². The Hall–Kier alpha value is -2.96. The number of likely N-dealkylation sites (tertiary alicyclic amines) is 1. The molecule has 2 N–H and O–H groups in total. The fraction of sp³-hybridized carbons (Fsp3) is 0.391. The van der Waals surface area contributed by atoms with Gasteiger partial charge in [-0.2, -0.15) is 0 Å². The molecule has 0 spiro atoms. The van der Waals surface area contributed by atoms with Crippen molar-refractivity contribution in [3.8, 4) is 0 Å². The first-order valence-electron chi connectivity index (χ1n) is 10.2. The summed E-state index contributed by atoms with van der Waals surface area (Å²) >= 11 is 0. The monoisotopic (exact) mass is 415 g/mol. The number of hydrogen-bond acceptors (Lipinski definition) is 2. The number of urea groups is 1. The lowest BCUT2D eigenvalue weighted by molar-refractivity contribution is 0.0950. The summed E-state index contributed by atoms with van der Waals surface area (Å²) in [5.74, 6) is -1.51. The number of piperidine rings is 1. The number of hydrogen-bond donors (Lipinski definition) is 2. The second-order valence-electron chi connectivity index (χ2n) is 7.98. The van der Waals surface area contributed by atoms with Gasteiger partial charge in [-0.15, -0.1) is 0 Å². The number of carbonyl (C=O) groups is 2. The van der Waals surface area contributed by atoms with E-state index >= 15 is 0 Å². The fourth-order valence-electron chi connectivity index (χ4n) is 3.70. The van der Waals surface area contributed by atoms with E-state index in [0.29, 0.717) is 17.7 Å². The van der Waals surface area contributed by atoms with Crippen LogP contribution in [0.1, 0.15) is 54.1 Å². The highest BCUT2D eigenvalue weighted by Gasteiger charge is 2.25. The molecule has 1 saturated heterocycles. The first kappa shape index (κ1) is 21.7. The topological polar surface area (TPSA) is 61.4 Å². The van der Waals surface area contributed by atoms with E-state index in [0.717, 1.165) is 31.0 Å². The van der Waals surface area contributed by atoms with Crippen molar-refractivity contribution in [1.82, 2.24) is 15.5 Å². The van der Waals surface area contributed by atoms with Gasteiger partial charge in [-0.3, -0.25) is 4.79 Å². The first-order valence-corrected chi connectivity index (χ1v) is 10.2. The number of amides is 3. The number of benzene rings is 2. The second kappa shape index (κ2) is 9.69. The second-order valence-corrected chi connectivity index (χ2v) is 7.98. The van der Waals surface area contributed by atoms with Crippen LogP contribution in [0.4, 0.5) is 13.6 Å². The molecule has 5 nitrogen and oxygen atoms in total. The molecule has 0 bridgehead atoms. The van der Waals surface area contributed by atoms with E-state index in [2.05, 4.69) is 10.6 Å². The molecule has 2 aromatic carbocycles. The molecule has 0 aromatic heterocycles. The van der Waals surface area contributed by atoms with Crippen molar-refractivity contribution in [2.75, 3.05) is 13.1 Å². The first-order chi connectivity index (χ1) is 14.3. The zero-order valence-electron chi connectivity index (χ0n) is 17.3. The normalized spacial score (nSPS) is 16.4. The van der Waals surface area contributed by atoms with Crippen LogP contribution in [0.25, 0.3) is 0 Å². The lowest BCUT2D eigenvalue weighted by Gasteiger charge is -2.33. The Kier molecular flexibility index (Phi) is 7.03. The van der Waals surface area contributed by atoms with E-state index in [1.807, 2.05) is 36.9 Å². The molecule has 7 heteroatoms. The maximum atomic E-state index is 13.3. The number of rotatable bonds is 5. The Morgan fingerprint density at radius 2 is 1.87 bits per heavy atom. The number of halogens is 2. The molecule has 160 valence electrons. The Bertz CT molecular complexity index is 897. The van der Waals surface area contributed by atoms with Gasteiger partial charge in [0.25, 0.3) is 5.91 Å². The predicted octanol–water partition coefficient (Wildman–Crippen LogP) is 4.19. The molecule has 3 rings (SSSR count). The summed E-state index contributed by atoms with van der Waals surface area (Å²) in [6.45, 7) is 5.22. The summed E-state index contributed by atoms with van der Waals surface area (Å²) in [6.07, 6.45) is 1.84.